The minimum absolute atomic E-state index is 0.926. The molecule has 0 unspecified atom stereocenters. The van der Waals surface area contributed by atoms with Crippen LogP contribution < -0.4 is 4.90 Å². The van der Waals surface area contributed by atoms with Crippen molar-refractivity contribution in [3.8, 4) is 0 Å². The van der Waals surface area contributed by atoms with E-state index in [0.29, 0.717) is 0 Å². The molecule has 120 valence electrons. The smallest absolute Gasteiger partial charge is 0.0429 e. The average Bonchev–Trinajstić information content (AvgIpc) is 2.67. The van der Waals surface area contributed by atoms with Crippen molar-refractivity contribution in [2.24, 2.45) is 0 Å². The SMILES string of the molecule is C=Cc1ccc(CCN(Cc2ccccc2)c2ccccc2)cc1. The zero-order valence-electron chi connectivity index (χ0n) is 13.9. The van der Waals surface area contributed by atoms with E-state index in [2.05, 4.69) is 96.4 Å². The van der Waals surface area contributed by atoms with Crippen molar-refractivity contribution in [3.63, 3.8) is 0 Å². The highest BCUT2D eigenvalue weighted by molar-refractivity contribution is 5.48. The van der Waals surface area contributed by atoms with E-state index < -0.39 is 0 Å². The van der Waals surface area contributed by atoms with Crippen molar-refractivity contribution in [3.05, 3.63) is 108 Å². The Morgan fingerprint density at radius 2 is 1.33 bits per heavy atom. The molecule has 0 bridgehead atoms. The molecule has 3 rings (SSSR count). The second-order valence-corrected chi connectivity index (χ2v) is 5.94. The summed E-state index contributed by atoms with van der Waals surface area (Å²) < 4.78 is 0. The maximum Gasteiger partial charge on any atom is 0.0429 e. The fraction of sp³-hybridized carbons (Fsp3) is 0.130. The topological polar surface area (TPSA) is 3.24 Å². The molecule has 1 nitrogen and oxygen atoms in total. The molecule has 0 aliphatic heterocycles. The summed E-state index contributed by atoms with van der Waals surface area (Å²) in [6, 6.07) is 30.0. The minimum atomic E-state index is 0.926. The highest BCUT2D eigenvalue weighted by Crippen LogP contribution is 2.18. The third-order valence-corrected chi connectivity index (χ3v) is 4.22. The molecule has 0 amide bonds. The fourth-order valence-corrected chi connectivity index (χ4v) is 2.83. The van der Waals surface area contributed by atoms with Gasteiger partial charge in [0.2, 0.25) is 0 Å². The van der Waals surface area contributed by atoms with Gasteiger partial charge in [0, 0.05) is 18.8 Å². The molecule has 0 aliphatic carbocycles. The summed E-state index contributed by atoms with van der Waals surface area (Å²) in [5, 5.41) is 0. The van der Waals surface area contributed by atoms with Crippen LogP contribution in [-0.4, -0.2) is 6.54 Å². The molecule has 0 aliphatic rings. The van der Waals surface area contributed by atoms with Crippen molar-refractivity contribution in [2.45, 2.75) is 13.0 Å². The molecular weight excluding hydrogens is 290 g/mol. The van der Waals surface area contributed by atoms with Gasteiger partial charge in [0.1, 0.15) is 0 Å². The lowest BCUT2D eigenvalue weighted by Crippen LogP contribution is -2.25. The Bertz CT molecular complexity index is 745. The van der Waals surface area contributed by atoms with E-state index in [4.69, 9.17) is 0 Å². The maximum atomic E-state index is 3.81. The molecule has 3 aromatic carbocycles. The van der Waals surface area contributed by atoms with Crippen molar-refractivity contribution in [1.82, 2.24) is 0 Å². The summed E-state index contributed by atoms with van der Waals surface area (Å²) >= 11 is 0. The normalized spacial score (nSPS) is 10.3. The monoisotopic (exact) mass is 313 g/mol. The van der Waals surface area contributed by atoms with Gasteiger partial charge in [0.25, 0.3) is 0 Å². The summed E-state index contributed by atoms with van der Waals surface area (Å²) in [5.41, 5.74) is 5.13. The van der Waals surface area contributed by atoms with E-state index in [-0.39, 0.29) is 0 Å². The molecule has 0 saturated heterocycles. The third-order valence-electron chi connectivity index (χ3n) is 4.22. The summed E-state index contributed by atoms with van der Waals surface area (Å²) in [5.74, 6) is 0. The third kappa shape index (κ3) is 4.36. The van der Waals surface area contributed by atoms with Gasteiger partial charge in [0.15, 0.2) is 0 Å². The van der Waals surface area contributed by atoms with E-state index >= 15 is 0 Å². The summed E-state index contributed by atoms with van der Waals surface area (Å²) in [6.45, 7) is 5.73. The Hall–Kier alpha value is -2.80. The van der Waals surface area contributed by atoms with Crippen molar-refractivity contribution in [2.75, 3.05) is 11.4 Å². The first-order valence-electron chi connectivity index (χ1n) is 8.40. The molecule has 0 N–H and O–H groups in total. The lowest BCUT2D eigenvalue weighted by molar-refractivity contribution is 0.782. The predicted octanol–water partition coefficient (Wildman–Crippen LogP) is 5.58. The highest BCUT2D eigenvalue weighted by Gasteiger charge is 2.07. The largest absolute Gasteiger partial charge is 0.367 e. The first-order chi connectivity index (χ1) is 11.8. The zero-order chi connectivity index (χ0) is 16.6. The van der Waals surface area contributed by atoms with Crippen molar-refractivity contribution < 1.29 is 0 Å². The molecule has 0 spiro atoms. The minimum Gasteiger partial charge on any atom is -0.367 e. The Kier molecular flexibility index (Phi) is 5.47. The zero-order valence-corrected chi connectivity index (χ0v) is 13.9. The van der Waals surface area contributed by atoms with Gasteiger partial charge in [-0.1, -0.05) is 85.5 Å². The van der Waals surface area contributed by atoms with Gasteiger partial charge in [-0.2, -0.15) is 0 Å². The Morgan fingerprint density at radius 3 is 1.96 bits per heavy atom. The van der Waals surface area contributed by atoms with Gasteiger partial charge in [-0.05, 0) is 35.2 Å². The lowest BCUT2D eigenvalue weighted by atomic mass is 10.1. The number of nitrogens with zero attached hydrogens (tertiary/aromatic N) is 1. The number of para-hydroxylation sites is 1. The van der Waals surface area contributed by atoms with Crippen LogP contribution in [0.3, 0.4) is 0 Å². The Balaban J connectivity index is 1.73. The second kappa shape index (κ2) is 8.16. The van der Waals surface area contributed by atoms with Gasteiger partial charge >= 0.3 is 0 Å². The first kappa shape index (κ1) is 16.1. The van der Waals surface area contributed by atoms with E-state index in [1.165, 1.54) is 22.4 Å². The van der Waals surface area contributed by atoms with E-state index in [1.807, 2.05) is 6.08 Å². The maximum absolute atomic E-state index is 3.81. The van der Waals surface area contributed by atoms with Crippen LogP contribution in [0.5, 0.6) is 0 Å². The van der Waals surface area contributed by atoms with E-state index in [1.54, 1.807) is 0 Å². The molecular formula is C23H23N. The number of rotatable bonds is 7. The van der Waals surface area contributed by atoms with E-state index in [9.17, 15) is 0 Å². The lowest BCUT2D eigenvalue weighted by Gasteiger charge is -2.25. The molecule has 0 aromatic heterocycles. The molecule has 0 heterocycles. The van der Waals surface area contributed by atoms with Gasteiger partial charge in [0.05, 0.1) is 0 Å². The van der Waals surface area contributed by atoms with E-state index in [0.717, 1.165) is 19.5 Å². The van der Waals surface area contributed by atoms with Crippen molar-refractivity contribution >= 4 is 11.8 Å². The highest BCUT2D eigenvalue weighted by atomic mass is 15.1. The summed E-state index contributed by atoms with van der Waals surface area (Å²) in [6.07, 6.45) is 2.91. The molecule has 0 atom stereocenters. The Labute approximate surface area is 144 Å². The fourth-order valence-electron chi connectivity index (χ4n) is 2.83. The van der Waals surface area contributed by atoms with Crippen LogP contribution >= 0.6 is 0 Å². The number of hydrogen-bond acceptors (Lipinski definition) is 1. The summed E-state index contributed by atoms with van der Waals surface area (Å²) in [4.78, 5) is 2.44. The van der Waals surface area contributed by atoms with Gasteiger partial charge in [-0.3, -0.25) is 0 Å². The van der Waals surface area contributed by atoms with Crippen LogP contribution in [0.1, 0.15) is 16.7 Å². The number of hydrogen-bond donors (Lipinski definition) is 0. The second-order valence-electron chi connectivity index (χ2n) is 5.94. The number of benzene rings is 3. The molecule has 3 aromatic rings. The van der Waals surface area contributed by atoms with Crippen LogP contribution in [0.4, 0.5) is 5.69 Å². The van der Waals surface area contributed by atoms with Crippen LogP contribution in [0.25, 0.3) is 6.08 Å². The van der Waals surface area contributed by atoms with Gasteiger partial charge in [-0.15, -0.1) is 0 Å². The molecule has 0 fully saturated rings. The Morgan fingerprint density at radius 1 is 0.708 bits per heavy atom. The first-order valence-corrected chi connectivity index (χ1v) is 8.40. The van der Waals surface area contributed by atoms with Gasteiger partial charge < -0.3 is 4.90 Å². The van der Waals surface area contributed by atoms with Crippen LogP contribution in [0.15, 0.2) is 91.5 Å². The molecule has 0 radical (unpaired) electrons. The van der Waals surface area contributed by atoms with Gasteiger partial charge in [-0.25, -0.2) is 0 Å². The van der Waals surface area contributed by atoms with Crippen LogP contribution in [0.2, 0.25) is 0 Å². The molecule has 1 heteroatoms. The number of anilines is 1. The van der Waals surface area contributed by atoms with Crippen molar-refractivity contribution in [1.29, 1.82) is 0 Å². The van der Waals surface area contributed by atoms with Crippen LogP contribution in [-0.2, 0) is 13.0 Å². The molecule has 24 heavy (non-hydrogen) atoms. The standard InChI is InChI=1S/C23H23N/c1-2-20-13-15-21(16-14-20)17-18-24(23-11-7-4-8-12-23)19-22-9-5-3-6-10-22/h2-16H,1,17-19H2. The molecule has 0 saturated carbocycles. The quantitative estimate of drug-likeness (QED) is 0.550. The average molecular weight is 313 g/mol. The summed E-state index contributed by atoms with van der Waals surface area (Å²) in [7, 11) is 0. The van der Waals surface area contributed by atoms with Crippen LogP contribution in [0, 0.1) is 0 Å². The predicted molar refractivity (Wildman–Crippen MR) is 104 cm³/mol.